The van der Waals surface area contributed by atoms with E-state index in [0.29, 0.717) is 49.2 Å². The average molecular weight is 596 g/mol. The number of hydrogen-bond donors (Lipinski definition) is 0. The first kappa shape index (κ1) is 31.1. The Labute approximate surface area is 260 Å². The van der Waals surface area contributed by atoms with Gasteiger partial charge in [-0.1, -0.05) is 30.3 Å². The van der Waals surface area contributed by atoms with Gasteiger partial charge in [-0.2, -0.15) is 0 Å². The van der Waals surface area contributed by atoms with Crippen molar-refractivity contribution >= 4 is 23.3 Å². The van der Waals surface area contributed by atoms with E-state index in [1.807, 2.05) is 68.1 Å². The third-order valence-electron chi connectivity index (χ3n) is 8.34. The van der Waals surface area contributed by atoms with Crippen molar-refractivity contribution < 1.29 is 23.9 Å². The third-order valence-corrected chi connectivity index (χ3v) is 8.34. The molecule has 5 rings (SSSR count). The number of ether oxygens (including phenoxy) is 2. The van der Waals surface area contributed by atoms with Crippen molar-refractivity contribution in [2.75, 3.05) is 38.3 Å². The number of nitrogens with zero attached hydrogens (tertiary/aromatic N) is 3. The van der Waals surface area contributed by atoms with Crippen LogP contribution in [0.2, 0.25) is 0 Å². The fourth-order valence-corrected chi connectivity index (χ4v) is 6.07. The highest BCUT2D eigenvalue weighted by Gasteiger charge is 2.53. The van der Waals surface area contributed by atoms with E-state index < -0.39 is 17.1 Å². The number of hydrogen-bond acceptors (Lipinski definition) is 7. The maximum absolute atomic E-state index is 14.2. The van der Waals surface area contributed by atoms with Crippen LogP contribution in [0, 0.1) is 12.1 Å². The molecule has 2 aliphatic rings. The quantitative estimate of drug-likeness (QED) is 0.225. The molecule has 2 aliphatic heterocycles. The Morgan fingerprint density at radius 2 is 1.68 bits per heavy atom. The number of para-hydroxylation sites is 1. The molecule has 0 radical (unpaired) electrons. The molecular formula is C36H41N3O5. The second kappa shape index (κ2) is 13.1. The molecule has 1 spiro atoms. The maximum atomic E-state index is 14.2. The Kier molecular flexibility index (Phi) is 9.26. The fourth-order valence-electron chi connectivity index (χ4n) is 6.07. The summed E-state index contributed by atoms with van der Waals surface area (Å²) in [6, 6.07) is 26.7. The van der Waals surface area contributed by atoms with Crippen LogP contribution in [-0.2, 0) is 16.1 Å². The van der Waals surface area contributed by atoms with Crippen LogP contribution in [0.3, 0.4) is 0 Å². The van der Waals surface area contributed by atoms with E-state index in [2.05, 4.69) is 34.1 Å². The minimum absolute atomic E-state index is 0.0896. The lowest BCUT2D eigenvalue weighted by molar-refractivity contribution is -0.134. The zero-order chi connectivity index (χ0) is 31.3. The molecule has 230 valence electrons. The molecule has 0 saturated carbocycles. The minimum Gasteiger partial charge on any atom is -0.497 e. The second-order valence-electron chi connectivity index (χ2n) is 12.6. The number of carbonyl (C=O) groups is 3. The van der Waals surface area contributed by atoms with Gasteiger partial charge in [-0.15, -0.1) is 0 Å². The summed E-state index contributed by atoms with van der Waals surface area (Å²) in [5.41, 5.74) is 1.57. The number of rotatable bonds is 10. The van der Waals surface area contributed by atoms with Crippen LogP contribution in [0.15, 0.2) is 66.7 Å². The molecule has 0 bridgehead atoms. The fraction of sp³-hybridized carbons (Fsp3) is 0.417. The van der Waals surface area contributed by atoms with Crippen LogP contribution in [0.4, 0.5) is 5.69 Å². The summed E-state index contributed by atoms with van der Waals surface area (Å²) in [5.74, 6) is 0.533. The Hall–Kier alpha value is -4.35. The van der Waals surface area contributed by atoms with Crippen molar-refractivity contribution in [1.29, 1.82) is 0 Å². The molecule has 2 fully saturated rings. The molecule has 2 heterocycles. The summed E-state index contributed by atoms with van der Waals surface area (Å²) in [5, 5.41) is 0. The molecular weight excluding hydrogens is 554 g/mol. The van der Waals surface area contributed by atoms with Crippen molar-refractivity contribution in [3.8, 4) is 5.75 Å². The lowest BCUT2D eigenvalue weighted by atomic mass is 9.85. The van der Waals surface area contributed by atoms with Gasteiger partial charge in [0.05, 0.1) is 25.9 Å². The number of piperidine rings is 1. The molecule has 44 heavy (non-hydrogen) atoms. The molecule has 8 heteroatoms. The molecule has 3 aromatic rings. The zero-order valence-electron chi connectivity index (χ0n) is 26.1. The highest BCUT2D eigenvalue weighted by Crippen LogP contribution is 2.40. The highest BCUT2D eigenvalue weighted by molar-refractivity contribution is 5.96. The number of Topliss-reactive ketones (excluding diaryl/α,β-unsaturated/α-hetero) is 1. The van der Waals surface area contributed by atoms with Crippen LogP contribution in [-0.4, -0.2) is 72.0 Å². The van der Waals surface area contributed by atoms with Gasteiger partial charge in [-0.25, -0.2) is 4.79 Å². The smallest absolute Gasteiger partial charge is 0.339 e. The summed E-state index contributed by atoms with van der Waals surface area (Å²) in [4.78, 5) is 46.0. The molecule has 0 atom stereocenters. The molecule has 0 aromatic heterocycles. The first-order valence-corrected chi connectivity index (χ1v) is 15.3. The van der Waals surface area contributed by atoms with Crippen molar-refractivity contribution in [3.63, 3.8) is 0 Å². The Morgan fingerprint density at radius 1 is 0.977 bits per heavy atom. The van der Waals surface area contributed by atoms with Crippen LogP contribution >= 0.6 is 0 Å². The van der Waals surface area contributed by atoms with Gasteiger partial charge >= 0.3 is 5.97 Å². The summed E-state index contributed by atoms with van der Waals surface area (Å²) in [7, 11) is 1.61. The molecule has 0 N–H and O–H groups in total. The summed E-state index contributed by atoms with van der Waals surface area (Å²) >= 11 is 0. The lowest BCUT2D eigenvalue weighted by Gasteiger charge is -2.43. The first-order chi connectivity index (χ1) is 21.1. The minimum atomic E-state index is -0.650. The SMILES string of the molecule is COc1ccc(C(=O)CCCN2CCC3(CC2)C(=O)N(Cc2c#ccc(C(=O)OC(C)(C)C)c2)CN3c2ccccc2)cc1. The summed E-state index contributed by atoms with van der Waals surface area (Å²) in [6.07, 6.45) is 2.63. The topological polar surface area (TPSA) is 79.4 Å². The third kappa shape index (κ3) is 7.06. The average Bonchev–Trinajstić information content (AvgIpc) is 3.28. The summed E-state index contributed by atoms with van der Waals surface area (Å²) < 4.78 is 10.7. The molecule has 8 nitrogen and oxygen atoms in total. The van der Waals surface area contributed by atoms with Crippen LogP contribution in [0.1, 0.15) is 72.7 Å². The van der Waals surface area contributed by atoms with Crippen molar-refractivity contribution in [2.24, 2.45) is 0 Å². The zero-order valence-corrected chi connectivity index (χ0v) is 26.1. The number of benzene rings is 2. The number of amides is 1. The predicted molar refractivity (Wildman–Crippen MR) is 169 cm³/mol. The van der Waals surface area contributed by atoms with Crippen LogP contribution < -0.4 is 9.64 Å². The molecule has 2 saturated heterocycles. The number of likely N-dealkylation sites (tertiary alicyclic amines) is 1. The van der Waals surface area contributed by atoms with E-state index in [9.17, 15) is 14.4 Å². The number of ketones is 1. The highest BCUT2D eigenvalue weighted by atomic mass is 16.6. The van der Waals surface area contributed by atoms with Gasteiger partial charge in [0.2, 0.25) is 5.91 Å². The van der Waals surface area contributed by atoms with E-state index in [-0.39, 0.29) is 11.7 Å². The number of anilines is 1. The molecule has 1 amide bonds. The van der Waals surface area contributed by atoms with Gasteiger partial charge < -0.3 is 24.2 Å². The monoisotopic (exact) mass is 595 g/mol. The number of methoxy groups -OCH3 is 1. The summed E-state index contributed by atoms with van der Waals surface area (Å²) in [6.45, 7) is 8.62. The number of esters is 1. The number of carbonyl (C=O) groups excluding carboxylic acids is 3. The molecule has 0 aliphatic carbocycles. The maximum Gasteiger partial charge on any atom is 0.339 e. The van der Waals surface area contributed by atoms with Gasteiger partial charge in [0.1, 0.15) is 16.9 Å². The molecule has 0 unspecified atom stereocenters. The van der Waals surface area contributed by atoms with Crippen LogP contribution in [0.25, 0.3) is 0 Å². The predicted octanol–water partition coefficient (Wildman–Crippen LogP) is 5.55. The van der Waals surface area contributed by atoms with Gasteiger partial charge in [-0.05, 0) is 89.0 Å². The van der Waals surface area contributed by atoms with E-state index in [1.54, 1.807) is 19.2 Å². The van der Waals surface area contributed by atoms with Crippen molar-refractivity contribution in [3.05, 3.63) is 95.6 Å². The first-order valence-electron chi connectivity index (χ1n) is 15.3. The Morgan fingerprint density at radius 3 is 2.34 bits per heavy atom. The van der Waals surface area contributed by atoms with E-state index in [4.69, 9.17) is 9.47 Å². The van der Waals surface area contributed by atoms with Gasteiger partial charge in [0.15, 0.2) is 5.78 Å². The normalized spacial score (nSPS) is 16.6. The molecule has 3 aromatic carbocycles. The Balaban J connectivity index is 1.24. The second-order valence-corrected chi connectivity index (χ2v) is 12.6. The van der Waals surface area contributed by atoms with Crippen LogP contribution in [0.5, 0.6) is 5.75 Å². The lowest BCUT2D eigenvalue weighted by Crippen LogP contribution is -2.56. The van der Waals surface area contributed by atoms with Gasteiger partial charge in [-0.3, -0.25) is 9.59 Å². The van der Waals surface area contributed by atoms with Crippen molar-refractivity contribution in [2.45, 2.75) is 64.1 Å². The Bertz CT molecular complexity index is 1460. The van der Waals surface area contributed by atoms with Gasteiger partial charge in [0, 0.05) is 42.4 Å². The van der Waals surface area contributed by atoms with Crippen molar-refractivity contribution in [1.82, 2.24) is 9.80 Å². The van der Waals surface area contributed by atoms with Gasteiger partial charge in [0.25, 0.3) is 0 Å². The van der Waals surface area contributed by atoms with E-state index in [0.717, 1.165) is 37.5 Å². The largest absolute Gasteiger partial charge is 0.497 e. The van der Waals surface area contributed by atoms with E-state index >= 15 is 0 Å². The van der Waals surface area contributed by atoms with E-state index in [1.165, 1.54) is 0 Å². The standard InChI is InChI=1S/C36H41N3O5/c1-35(2,3)44-33(41)29-11-8-10-27(24-29)25-38-26-39(30-12-6-5-7-13-30)36(34(38)42)19-22-37(23-20-36)21-9-14-32(40)28-15-17-31(43-4)18-16-28/h5-7,11-13,15-18,24H,9,14,19-23,25-26H2,1-4H3.